The van der Waals surface area contributed by atoms with E-state index < -0.39 is 12.7 Å². The summed E-state index contributed by atoms with van der Waals surface area (Å²) in [5, 5.41) is 6.67. The predicted octanol–water partition coefficient (Wildman–Crippen LogP) is 3.08. The van der Waals surface area contributed by atoms with Crippen LogP contribution in [0.3, 0.4) is 0 Å². The molecule has 0 radical (unpaired) electrons. The number of hydrogen-bond acceptors (Lipinski definition) is 3. The number of amides is 1. The number of likely N-dealkylation sites (tertiary alicyclic amines) is 2. The summed E-state index contributed by atoms with van der Waals surface area (Å²) in [6.45, 7) is 8.93. The Hall–Kier alpha value is -0.780. The van der Waals surface area contributed by atoms with E-state index in [0.29, 0.717) is 32.1 Å². The Bertz CT molecular complexity index is 551. The molecule has 0 aromatic heterocycles. The third-order valence-corrected chi connectivity index (χ3v) is 5.60. The highest BCUT2D eigenvalue weighted by Crippen LogP contribution is 2.24. The predicted molar refractivity (Wildman–Crippen MR) is 124 cm³/mol. The number of aliphatic imine (C=N–C) groups is 1. The van der Waals surface area contributed by atoms with Crippen molar-refractivity contribution in [1.82, 2.24) is 20.4 Å². The molecule has 2 N–H and O–H groups in total. The maximum absolute atomic E-state index is 12.5. The second-order valence-corrected chi connectivity index (χ2v) is 8.45. The number of carbonyl (C=O) groups excluding carboxylic acids is 1. The lowest BCUT2D eigenvalue weighted by Gasteiger charge is -2.32. The van der Waals surface area contributed by atoms with Crippen LogP contribution in [0.4, 0.5) is 13.2 Å². The van der Waals surface area contributed by atoms with Crippen LogP contribution in [0.5, 0.6) is 0 Å². The zero-order valence-electron chi connectivity index (χ0n) is 18.3. The summed E-state index contributed by atoms with van der Waals surface area (Å²) in [5.74, 6) is 1.38. The van der Waals surface area contributed by atoms with E-state index in [2.05, 4.69) is 15.6 Å². The summed E-state index contributed by atoms with van der Waals surface area (Å²) < 4.78 is 37.4. The smallest absolute Gasteiger partial charge is 0.357 e. The van der Waals surface area contributed by atoms with E-state index in [9.17, 15) is 18.0 Å². The molecule has 10 heteroatoms. The van der Waals surface area contributed by atoms with Crippen LogP contribution in [0, 0.1) is 11.8 Å². The molecule has 2 rings (SSSR count). The van der Waals surface area contributed by atoms with Gasteiger partial charge in [-0.05, 0) is 51.6 Å². The summed E-state index contributed by atoms with van der Waals surface area (Å²) in [7, 11) is 0. The molecule has 2 aliphatic heterocycles. The number of halogens is 4. The number of guanidine groups is 1. The molecule has 1 amide bonds. The summed E-state index contributed by atoms with van der Waals surface area (Å²) in [5.41, 5.74) is 0. The Morgan fingerprint density at radius 3 is 2.40 bits per heavy atom. The summed E-state index contributed by atoms with van der Waals surface area (Å²) in [6.07, 6.45) is -0.729. The Kier molecular flexibility index (Phi) is 11.7. The van der Waals surface area contributed by atoms with Crippen molar-refractivity contribution < 1.29 is 18.0 Å². The van der Waals surface area contributed by atoms with Crippen LogP contribution in [-0.2, 0) is 4.79 Å². The third-order valence-electron chi connectivity index (χ3n) is 5.60. The monoisotopic (exact) mass is 547 g/mol. The molecule has 0 spiro atoms. The number of nitrogens with zero attached hydrogens (tertiary/aromatic N) is 3. The van der Waals surface area contributed by atoms with Crippen molar-refractivity contribution in [2.24, 2.45) is 16.8 Å². The van der Waals surface area contributed by atoms with Crippen molar-refractivity contribution in [2.45, 2.75) is 58.7 Å². The number of alkyl halides is 3. The van der Waals surface area contributed by atoms with Gasteiger partial charge in [0, 0.05) is 38.1 Å². The van der Waals surface area contributed by atoms with Crippen LogP contribution in [0.15, 0.2) is 4.99 Å². The number of hydrogen-bond donors (Lipinski definition) is 2. The molecule has 0 bridgehead atoms. The van der Waals surface area contributed by atoms with Crippen molar-refractivity contribution in [3.63, 3.8) is 0 Å². The normalized spacial score (nSPS) is 21.6. The summed E-state index contributed by atoms with van der Waals surface area (Å²) in [6, 6.07) is 0.195. The van der Waals surface area contributed by atoms with Crippen LogP contribution in [0.25, 0.3) is 0 Å². The van der Waals surface area contributed by atoms with E-state index >= 15 is 0 Å². The standard InChI is InChI=1S/C20H36F3N5O.HI/c1-4-24-19(26-17-8-12-28(13-17)18(29)15(2)3)25-9-5-16-6-10-27(11-7-16)14-20(21,22)23;/h15-17H,4-14H2,1-3H3,(H2,24,25,26);1H. The van der Waals surface area contributed by atoms with Gasteiger partial charge in [0.25, 0.3) is 0 Å². The van der Waals surface area contributed by atoms with E-state index in [4.69, 9.17) is 0 Å². The van der Waals surface area contributed by atoms with Gasteiger partial charge in [-0.2, -0.15) is 13.2 Å². The molecule has 2 fully saturated rings. The highest BCUT2D eigenvalue weighted by Gasteiger charge is 2.32. The van der Waals surface area contributed by atoms with Crippen molar-refractivity contribution in [2.75, 3.05) is 45.8 Å². The molecular weight excluding hydrogens is 510 g/mol. The second kappa shape index (κ2) is 12.9. The van der Waals surface area contributed by atoms with Crippen LogP contribution in [0.2, 0.25) is 0 Å². The first kappa shape index (κ1) is 27.3. The number of carbonyl (C=O) groups is 1. The van der Waals surface area contributed by atoms with Gasteiger partial charge in [-0.3, -0.25) is 14.7 Å². The highest BCUT2D eigenvalue weighted by molar-refractivity contribution is 14.0. The lowest BCUT2D eigenvalue weighted by atomic mass is 9.93. The average Bonchev–Trinajstić information content (AvgIpc) is 3.09. The van der Waals surface area contributed by atoms with Gasteiger partial charge in [-0.15, -0.1) is 24.0 Å². The van der Waals surface area contributed by atoms with Gasteiger partial charge in [0.05, 0.1) is 6.54 Å². The lowest BCUT2D eigenvalue weighted by Crippen LogP contribution is -2.45. The van der Waals surface area contributed by atoms with Gasteiger partial charge in [0.15, 0.2) is 5.96 Å². The lowest BCUT2D eigenvalue weighted by molar-refractivity contribution is -0.148. The van der Waals surface area contributed by atoms with Crippen LogP contribution >= 0.6 is 24.0 Å². The molecule has 0 saturated carbocycles. The fourth-order valence-corrected chi connectivity index (χ4v) is 4.00. The first-order valence-corrected chi connectivity index (χ1v) is 10.8. The van der Waals surface area contributed by atoms with Crippen molar-refractivity contribution >= 4 is 35.8 Å². The van der Waals surface area contributed by atoms with Crippen molar-refractivity contribution in [3.8, 4) is 0 Å². The van der Waals surface area contributed by atoms with Crippen molar-refractivity contribution in [3.05, 3.63) is 0 Å². The number of rotatable bonds is 7. The quantitative estimate of drug-likeness (QED) is 0.292. The number of nitrogens with one attached hydrogen (secondary N) is 2. The van der Waals surface area contributed by atoms with E-state index in [1.54, 1.807) is 0 Å². The second-order valence-electron chi connectivity index (χ2n) is 8.45. The number of piperidine rings is 1. The van der Waals surface area contributed by atoms with Gasteiger partial charge >= 0.3 is 6.18 Å². The first-order chi connectivity index (χ1) is 13.7. The minimum atomic E-state index is -4.11. The van der Waals surface area contributed by atoms with Crippen molar-refractivity contribution in [1.29, 1.82) is 0 Å². The van der Waals surface area contributed by atoms with E-state index in [-0.39, 0.29) is 41.8 Å². The topological polar surface area (TPSA) is 60.0 Å². The SMILES string of the molecule is CCNC(=NCCC1CCN(CC(F)(F)F)CC1)NC1CCN(C(=O)C(C)C)C1.I. The van der Waals surface area contributed by atoms with Gasteiger partial charge in [0.1, 0.15) is 0 Å². The minimum Gasteiger partial charge on any atom is -0.357 e. The summed E-state index contributed by atoms with van der Waals surface area (Å²) in [4.78, 5) is 20.2. The molecule has 0 aliphatic carbocycles. The van der Waals surface area contributed by atoms with Crippen LogP contribution in [0.1, 0.15) is 46.5 Å². The molecule has 2 saturated heterocycles. The molecule has 0 aromatic carbocycles. The average molecular weight is 547 g/mol. The molecule has 6 nitrogen and oxygen atoms in total. The molecule has 1 unspecified atom stereocenters. The fraction of sp³-hybridized carbons (Fsp3) is 0.900. The Labute approximate surface area is 195 Å². The maximum atomic E-state index is 12.5. The minimum absolute atomic E-state index is 0. The van der Waals surface area contributed by atoms with Gasteiger partial charge in [-0.1, -0.05) is 13.8 Å². The molecule has 1 atom stereocenters. The van der Waals surface area contributed by atoms with E-state index in [1.807, 2.05) is 25.7 Å². The maximum Gasteiger partial charge on any atom is 0.401 e. The Morgan fingerprint density at radius 2 is 1.83 bits per heavy atom. The van der Waals surface area contributed by atoms with Gasteiger partial charge in [0.2, 0.25) is 5.91 Å². The zero-order valence-corrected chi connectivity index (χ0v) is 20.6. The van der Waals surface area contributed by atoms with Crippen LogP contribution < -0.4 is 10.6 Å². The van der Waals surface area contributed by atoms with Gasteiger partial charge in [-0.25, -0.2) is 0 Å². The Morgan fingerprint density at radius 1 is 1.17 bits per heavy atom. The van der Waals surface area contributed by atoms with Gasteiger partial charge < -0.3 is 15.5 Å². The largest absolute Gasteiger partial charge is 0.401 e. The molecular formula is C20H37F3IN5O. The van der Waals surface area contributed by atoms with Crippen LogP contribution in [-0.4, -0.2) is 79.7 Å². The molecule has 2 heterocycles. The summed E-state index contributed by atoms with van der Waals surface area (Å²) >= 11 is 0. The fourth-order valence-electron chi connectivity index (χ4n) is 4.00. The first-order valence-electron chi connectivity index (χ1n) is 10.8. The molecule has 2 aliphatic rings. The third kappa shape index (κ3) is 9.57. The zero-order chi connectivity index (χ0) is 21.4. The van der Waals surface area contributed by atoms with E-state index in [0.717, 1.165) is 44.7 Å². The Balaban J connectivity index is 0.00000450. The van der Waals surface area contributed by atoms with E-state index in [1.165, 1.54) is 4.90 Å². The molecule has 30 heavy (non-hydrogen) atoms. The highest BCUT2D eigenvalue weighted by atomic mass is 127. The molecule has 0 aromatic rings. The molecule has 176 valence electrons.